The van der Waals surface area contributed by atoms with Crippen LogP contribution in [-0.4, -0.2) is 48.5 Å². The van der Waals surface area contributed by atoms with E-state index < -0.39 is 24.3 Å². The minimum atomic E-state index is -0.969. The van der Waals surface area contributed by atoms with Crippen molar-refractivity contribution in [3.63, 3.8) is 0 Å². The third-order valence-corrected chi connectivity index (χ3v) is 3.50. The number of benzene rings is 1. The van der Waals surface area contributed by atoms with E-state index in [4.69, 9.17) is 15.6 Å². The summed E-state index contributed by atoms with van der Waals surface area (Å²) in [5.41, 5.74) is 9.29. The van der Waals surface area contributed by atoms with Gasteiger partial charge in [0.05, 0.1) is 12.6 Å². The van der Waals surface area contributed by atoms with Crippen LogP contribution in [0.1, 0.15) is 30.5 Å². The molecule has 0 aliphatic carbocycles. The molecule has 0 spiro atoms. The molecular formula is C19H28N2O6. The van der Waals surface area contributed by atoms with Crippen molar-refractivity contribution in [3.05, 3.63) is 34.9 Å². The molecule has 0 heterocycles. The Hall–Kier alpha value is -2.67. The van der Waals surface area contributed by atoms with Crippen molar-refractivity contribution in [2.75, 3.05) is 18.5 Å². The van der Waals surface area contributed by atoms with Crippen molar-refractivity contribution in [2.45, 2.75) is 47.0 Å². The van der Waals surface area contributed by atoms with Gasteiger partial charge < -0.3 is 25.6 Å². The van der Waals surface area contributed by atoms with E-state index in [0.717, 1.165) is 22.9 Å². The van der Waals surface area contributed by atoms with Crippen molar-refractivity contribution in [2.24, 2.45) is 5.73 Å². The molecule has 0 aliphatic rings. The number of anilines is 1. The number of nitrogens with two attached hydrogens (primary N) is 1. The van der Waals surface area contributed by atoms with E-state index in [-0.39, 0.29) is 6.54 Å². The lowest BCUT2D eigenvalue weighted by atomic mass is 10.0. The van der Waals surface area contributed by atoms with E-state index in [2.05, 4.69) is 16.1 Å². The van der Waals surface area contributed by atoms with Gasteiger partial charge in [-0.1, -0.05) is 6.07 Å². The van der Waals surface area contributed by atoms with Crippen molar-refractivity contribution >= 4 is 23.6 Å². The van der Waals surface area contributed by atoms with Crippen LogP contribution in [0, 0.1) is 20.8 Å². The van der Waals surface area contributed by atoms with Crippen LogP contribution >= 0.6 is 0 Å². The number of ether oxygens (including phenoxy) is 2. The third-order valence-electron chi connectivity index (χ3n) is 3.50. The normalized spacial score (nSPS) is 11.9. The molecule has 0 aromatic heterocycles. The van der Waals surface area contributed by atoms with Gasteiger partial charge in [-0.05, 0) is 57.4 Å². The second-order valence-corrected chi connectivity index (χ2v) is 5.76. The van der Waals surface area contributed by atoms with Gasteiger partial charge in [0.2, 0.25) is 6.29 Å². The Morgan fingerprint density at radius 3 is 2.44 bits per heavy atom. The van der Waals surface area contributed by atoms with Crippen molar-refractivity contribution in [3.8, 4) is 0 Å². The van der Waals surface area contributed by atoms with Gasteiger partial charge in [-0.3, -0.25) is 9.59 Å². The molecule has 1 rings (SSSR count). The lowest BCUT2D eigenvalue weighted by Gasteiger charge is -2.15. The lowest BCUT2D eigenvalue weighted by Crippen LogP contribution is -2.25. The minimum absolute atomic E-state index is 0.240. The van der Waals surface area contributed by atoms with E-state index in [0.29, 0.717) is 6.61 Å². The van der Waals surface area contributed by atoms with Crippen LogP contribution in [0.5, 0.6) is 0 Å². The number of aliphatic carboxylic acids is 1. The van der Waals surface area contributed by atoms with Gasteiger partial charge in [-0.25, -0.2) is 4.79 Å². The highest BCUT2D eigenvalue weighted by Crippen LogP contribution is 2.21. The lowest BCUT2D eigenvalue weighted by molar-refractivity contribution is -0.166. The zero-order valence-corrected chi connectivity index (χ0v) is 16.4. The molecule has 0 saturated heterocycles. The summed E-state index contributed by atoms with van der Waals surface area (Å²) in [6, 6.07) is 3.50. The average molecular weight is 380 g/mol. The quantitative estimate of drug-likeness (QED) is 0.353. The van der Waals surface area contributed by atoms with E-state index in [1.807, 2.05) is 26.8 Å². The fourth-order valence-electron chi connectivity index (χ4n) is 2.00. The number of nitrogens with one attached hydrogen (secondary N) is 1. The molecule has 1 aromatic carbocycles. The number of rotatable bonds is 8. The molecule has 8 heteroatoms. The standard InChI is InChI=1S/C12H17NO2.C7H11NO4/c1-7-5-8(2)9(3)11(6-7)13-10(4)12(14)15;1-2-11-7(3-4-9)12-6(10)5-8/h5-6,10,13H,1-4H3,(H,14,15);3,7H,2,5,8H2,1H3/t10-;/m0./s1. The molecule has 27 heavy (non-hydrogen) atoms. The highest BCUT2D eigenvalue weighted by molar-refractivity contribution is 5.77. The predicted molar refractivity (Wildman–Crippen MR) is 102 cm³/mol. The molecule has 150 valence electrons. The first kappa shape index (κ1) is 24.3. The molecule has 4 N–H and O–H groups in total. The van der Waals surface area contributed by atoms with E-state index in [1.165, 1.54) is 11.5 Å². The number of hydrogen-bond acceptors (Lipinski definition) is 7. The molecule has 0 aliphatic heterocycles. The monoisotopic (exact) mass is 380 g/mol. The van der Waals surface area contributed by atoms with Crippen LogP contribution < -0.4 is 11.1 Å². The highest BCUT2D eigenvalue weighted by atomic mass is 16.7. The van der Waals surface area contributed by atoms with Gasteiger partial charge in [-0.2, -0.15) is 0 Å². The Balaban J connectivity index is 0.000000516. The predicted octanol–water partition coefficient (Wildman–Crippen LogP) is 1.74. The van der Waals surface area contributed by atoms with Gasteiger partial charge in [0.25, 0.3) is 0 Å². The third kappa shape index (κ3) is 9.55. The maximum atomic E-state index is 10.7. The molecule has 0 saturated carbocycles. The Morgan fingerprint density at radius 1 is 1.33 bits per heavy atom. The van der Waals surface area contributed by atoms with Crippen LogP contribution in [0.4, 0.5) is 5.69 Å². The maximum absolute atomic E-state index is 10.7. The smallest absolute Gasteiger partial charge is 0.325 e. The number of aryl methyl sites for hydroxylation is 2. The zero-order chi connectivity index (χ0) is 21.0. The van der Waals surface area contributed by atoms with Crippen molar-refractivity contribution < 1.29 is 29.0 Å². The largest absolute Gasteiger partial charge is 0.480 e. The first-order chi connectivity index (χ1) is 12.7. The van der Waals surface area contributed by atoms with E-state index in [1.54, 1.807) is 13.8 Å². The molecule has 0 bridgehead atoms. The maximum Gasteiger partial charge on any atom is 0.325 e. The number of esters is 1. The average Bonchev–Trinajstić information content (AvgIpc) is 2.60. The first-order valence-corrected chi connectivity index (χ1v) is 8.45. The second-order valence-electron chi connectivity index (χ2n) is 5.76. The summed E-state index contributed by atoms with van der Waals surface area (Å²) in [6.07, 6.45) is 0.000370. The second kappa shape index (κ2) is 12.6. The summed E-state index contributed by atoms with van der Waals surface area (Å²) in [4.78, 5) is 31.2. The molecule has 1 unspecified atom stereocenters. The van der Waals surface area contributed by atoms with Gasteiger partial charge in [0.15, 0.2) is 0 Å². The summed E-state index contributed by atoms with van der Waals surface area (Å²) in [7, 11) is 0. The molecule has 0 radical (unpaired) electrons. The summed E-state index contributed by atoms with van der Waals surface area (Å²) in [6.45, 7) is 9.46. The number of carbonyl (C=O) groups excluding carboxylic acids is 2. The van der Waals surface area contributed by atoms with Crippen molar-refractivity contribution in [1.82, 2.24) is 0 Å². The molecule has 0 fully saturated rings. The SMILES string of the molecule is CCOC(C=C=O)OC(=O)CN.Cc1cc(C)c(C)c(N[C@@H](C)C(=O)O)c1. The number of hydrogen-bond donors (Lipinski definition) is 3. The molecule has 8 nitrogen and oxygen atoms in total. The fraction of sp³-hybridized carbons (Fsp3) is 0.474. The van der Waals surface area contributed by atoms with E-state index >= 15 is 0 Å². The Morgan fingerprint density at radius 2 is 1.96 bits per heavy atom. The number of carboxylic acid groups (broad SMARTS) is 1. The van der Waals surface area contributed by atoms with Gasteiger partial charge in [-0.15, -0.1) is 0 Å². The highest BCUT2D eigenvalue weighted by Gasteiger charge is 2.12. The fourth-order valence-corrected chi connectivity index (χ4v) is 2.00. The minimum Gasteiger partial charge on any atom is -0.480 e. The van der Waals surface area contributed by atoms with E-state index in [9.17, 15) is 14.4 Å². The van der Waals surface area contributed by atoms with Crippen LogP contribution in [0.15, 0.2) is 18.2 Å². The van der Waals surface area contributed by atoms with Crippen molar-refractivity contribution in [1.29, 1.82) is 0 Å². The molecule has 1 aromatic rings. The summed E-state index contributed by atoms with van der Waals surface area (Å²) >= 11 is 0. The summed E-state index contributed by atoms with van der Waals surface area (Å²) in [5, 5.41) is 11.8. The van der Waals surface area contributed by atoms with Crippen LogP contribution in [-0.2, 0) is 23.9 Å². The number of carbonyl (C=O) groups is 2. The number of carboxylic acids is 1. The van der Waals surface area contributed by atoms with Gasteiger partial charge >= 0.3 is 11.9 Å². The molecular weight excluding hydrogens is 352 g/mol. The Labute approximate surface area is 159 Å². The topological polar surface area (TPSA) is 128 Å². The Kier molecular flexibility index (Phi) is 11.4. The zero-order valence-electron chi connectivity index (χ0n) is 16.4. The molecule has 0 amide bonds. The Bertz CT molecular complexity index is 683. The first-order valence-electron chi connectivity index (χ1n) is 8.45. The summed E-state index contributed by atoms with van der Waals surface area (Å²) < 4.78 is 9.41. The molecule has 2 atom stereocenters. The summed E-state index contributed by atoms with van der Waals surface area (Å²) in [5.74, 6) is -0.000326. The van der Waals surface area contributed by atoms with Gasteiger partial charge in [0, 0.05) is 12.3 Å². The van der Waals surface area contributed by atoms with Gasteiger partial charge in [0.1, 0.15) is 12.0 Å². The van der Waals surface area contributed by atoms with Crippen LogP contribution in [0.25, 0.3) is 0 Å². The van der Waals surface area contributed by atoms with Crippen LogP contribution in [0.3, 0.4) is 0 Å². The van der Waals surface area contributed by atoms with Crippen LogP contribution in [0.2, 0.25) is 0 Å².